The lowest BCUT2D eigenvalue weighted by Crippen LogP contribution is -2.16. The minimum atomic E-state index is -0.110. The Bertz CT molecular complexity index is 2420. The first-order valence-corrected chi connectivity index (χ1v) is 16.3. The number of benzene rings is 7. The fourth-order valence-electron chi connectivity index (χ4n) is 7.52. The molecule has 9 rings (SSSR count). The minimum Gasteiger partial charge on any atom is -0.453 e. The van der Waals surface area contributed by atoms with E-state index in [0.717, 1.165) is 50.1 Å². The van der Waals surface area contributed by atoms with E-state index in [9.17, 15) is 0 Å². The van der Waals surface area contributed by atoms with Gasteiger partial charge in [-0.2, -0.15) is 0 Å². The molecule has 0 radical (unpaired) electrons. The first-order valence-electron chi connectivity index (χ1n) is 16.3. The van der Waals surface area contributed by atoms with E-state index in [1.54, 1.807) is 0 Å². The molecule has 0 aliphatic heterocycles. The highest BCUT2D eigenvalue weighted by Gasteiger charge is 2.36. The maximum Gasteiger partial charge on any atom is 0.159 e. The summed E-state index contributed by atoms with van der Waals surface area (Å²) in [6, 6.07) is 58.7. The van der Waals surface area contributed by atoms with Gasteiger partial charge in [-0.05, 0) is 69.3 Å². The molecular formula is C45H33NO. The Hall–Kier alpha value is -5.86. The second-order valence-corrected chi connectivity index (χ2v) is 13.0. The largest absolute Gasteiger partial charge is 0.453 e. The number of rotatable bonds is 5. The van der Waals surface area contributed by atoms with Crippen molar-refractivity contribution >= 4 is 39.0 Å². The SMILES string of the molecule is CC1(C)c2ccccc2-c2ccc(N(c3ccc(-c4ccccc4)cc3)c3cccc4c3oc3c(-c5ccccc5)cccc34)cc21. The van der Waals surface area contributed by atoms with Gasteiger partial charge in [0.2, 0.25) is 0 Å². The Balaban J connectivity index is 1.27. The minimum absolute atomic E-state index is 0.110. The van der Waals surface area contributed by atoms with Crippen molar-refractivity contribution < 1.29 is 4.42 Å². The van der Waals surface area contributed by atoms with Gasteiger partial charge in [-0.15, -0.1) is 0 Å². The third-order valence-electron chi connectivity index (χ3n) is 9.89. The number of hydrogen-bond donors (Lipinski definition) is 0. The monoisotopic (exact) mass is 603 g/mol. The average molecular weight is 604 g/mol. The molecule has 0 saturated carbocycles. The van der Waals surface area contributed by atoms with Gasteiger partial charge in [0, 0.05) is 33.1 Å². The van der Waals surface area contributed by atoms with Crippen molar-refractivity contribution in [1.82, 2.24) is 0 Å². The van der Waals surface area contributed by atoms with Gasteiger partial charge in [-0.1, -0.05) is 147 Å². The molecular weight excluding hydrogens is 571 g/mol. The molecule has 0 unspecified atom stereocenters. The highest BCUT2D eigenvalue weighted by Crippen LogP contribution is 2.51. The van der Waals surface area contributed by atoms with Gasteiger partial charge >= 0.3 is 0 Å². The summed E-state index contributed by atoms with van der Waals surface area (Å²) in [4.78, 5) is 2.36. The molecule has 0 spiro atoms. The van der Waals surface area contributed by atoms with Crippen molar-refractivity contribution in [1.29, 1.82) is 0 Å². The molecule has 1 aliphatic rings. The zero-order valence-corrected chi connectivity index (χ0v) is 26.4. The lowest BCUT2D eigenvalue weighted by Gasteiger charge is -2.28. The summed E-state index contributed by atoms with van der Waals surface area (Å²) in [7, 11) is 0. The molecule has 1 aliphatic carbocycles. The van der Waals surface area contributed by atoms with E-state index >= 15 is 0 Å². The summed E-state index contributed by atoms with van der Waals surface area (Å²) < 4.78 is 6.93. The molecule has 1 heterocycles. The van der Waals surface area contributed by atoms with Gasteiger partial charge in [0.05, 0.1) is 5.69 Å². The van der Waals surface area contributed by atoms with Crippen LogP contribution in [-0.4, -0.2) is 0 Å². The van der Waals surface area contributed by atoms with Crippen LogP contribution in [0.1, 0.15) is 25.0 Å². The Labute approximate surface area is 275 Å². The molecule has 0 N–H and O–H groups in total. The van der Waals surface area contributed by atoms with Gasteiger partial charge in [-0.3, -0.25) is 0 Å². The average Bonchev–Trinajstić information content (AvgIpc) is 3.62. The number of furan rings is 1. The van der Waals surface area contributed by atoms with Crippen LogP contribution in [0.15, 0.2) is 168 Å². The normalized spacial score (nSPS) is 13.1. The molecule has 2 heteroatoms. The van der Waals surface area contributed by atoms with Crippen molar-refractivity contribution in [3.05, 3.63) is 175 Å². The molecule has 1 aromatic heterocycles. The predicted octanol–water partition coefficient (Wildman–Crippen LogP) is 12.7. The topological polar surface area (TPSA) is 16.4 Å². The van der Waals surface area contributed by atoms with E-state index in [1.807, 2.05) is 0 Å². The van der Waals surface area contributed by atoms with Crippen molar-refractivity contribution in [2.45, 2.75) is 19.3 Å². The van der Waals surface area contributed by atoms with E-state index < -0.39 is 0 Å². The van der Waals surface area contributed by atoms with Crippen LogP contribution in [0.2, 0.25) is 0 Å². The smallest absolute Gasteiger partial charge is 0.159 e. The van der Waals surface area contributed by atoms with Gasteiger partial charge in [0.15, 0.2) is 5.58 Å². The Kier molecular flexibility index (Phi) is 6.20. The summed E-state index contributed by atoms with van der Waals surface area (Å²) in [5.41, 5.74) is 14.9. The molecule has 7 aromatic carbocycles. The number of anilines is 3. The molecule has 47 heavy (non-hydrogen) atoms. The molecule has 0 amide bonds. The number of para-hydroxylation sites is 2. The molecule has 0 atom stereocenters. The van der Waals surface area contributed by atoms with E-state index in [2.05, 4.69) is 183 Å². The van der Waals surface area contributed by atoms with Crippen LogP contribution in [0, 0.1) is 0 Å². The van der Waals surface area contributed by atoms with Gasteiger partial charge in [0.25, 0.3) is 0 Å². The summed E-state index contributed by atoms with van der Waals surface area (Å²) in [6.07, 6.45) is 0. The second-order valence-electron chi connectivity index (χ2n) is 13.0. The summed E-state index contributed by atoms with van der Waals surface area (Å²) >= 11 is 0. The Morgan fingerprint density at radius 3 is 1.77 bits per heavy atom. The van der Waals surface area contributed by atoms with Gasteiger partial charge in [-0.25, -0.2) is 0 Å². The van der Waals surface area contributed by atoms with E-state index in [1.165, 1.54) is 33.4 Å². The van der Waals surface area contributed by atoms with Crippen molar-refractivity contribution in [2.24, 2.45) is 0 Å². The van der Waals surface area contributed by atoms with Gasteiger partial charge < -0.3 is 9.32 Å². The number of nitrogens with zero attached hydrogens (tertiary/aromatic N) is 1. The van der Waals surface area contributed by atoms with Gasteiger partial charge in [0.1, 0.15) is 5.58 Å². The summed E-state index contributed by atoms with van der Waals surface area (Å²) in [6.45, 7) is 4.68. The fourth-order valence-corrected chi connectivity index (χ4v) is 7.52. The van der Waals surface area contributed by atoms with Crippen LogP contribution in [0.4, 0.5) is 17.1 Å². The van der Waals surface area contributed by atoms with Crippen LogP contribution in [-0.2, 0) is 5.41 Å². The maximum atomic E-state index is 6.93. The second kappa shape index (κ2) is 10.6. The lowest BCUT2D eigenvalue weighted by molar-refractivity contribution is 0.660. The Morgan fingerprint density at radius 2 is 1.00 bits per heavy atom. The molecule has 0 bridgehead atoms. The van der Waals surface area contributed by atoms with E-state index in [0.29, 0.717) is 0 Å². The first-order chi connectivity index (χ1) is 23.1. The third kappa shape index (κ3) is 4.33. The van der Waals surface area contributed by atoms with Crippen LogP contribution < -0.4 is 4.90 Å². The van der Waals surface area contributed by atoms with Crippen LogP contribution in [0.5, 0.6) is 0 Å². The van der Waals surface area contributed by atoms with Crippen LogP contribution in [0.3, 0.4) is 0 Å². The summed E-state index contributed by atoms with van der Waals surface area (Å²) in [5, 5.41) is 2.23. The first kappa shape index (κ1) is 27.5. The fraction of sp³-hybridized carbons (Fsp3) is 0.0667. The maximum absolute atomic E-state index is 6.93. The predicted molar refractivity (Wildman–Crippen MR) is 197 cm³/mol. The van der Waals surface area contributed by atoms with Crippen LogP contribution in [0.25, 0.3) is 55.3 Å². The zero-order valence-electron chi connectivity index (χ0n) is 26.4. The summed E-state index contributed by atoms with van der Waals surface area (Å²) in [5.74, 6) is 0. The van der Waals surface area contributed by atoms with E-state index in [4.69, 9.17) is 4.42 Å². The van der Waals surface area contributed by atoms with Crippen molar-refractivity contribution in [3.63, 3.8) is 0 Å². The third-order valence-corrected chi connectivity index (χ3v) is 9.89. The van der Waals surface area contributed by atoms with Crippen LogP contribution >= 0.6 is 0 Å². The number of fused-ring (bicyclic) bond motifs is 6. The number of hydrogen-bond acceptors (Lipinski definition) is 2. The highest BCUT2D eigenvalue weighted by atomic mass is 16.3. The molecule has 8 aromatic rings. The van der Waals surface area contributed by atoms with E-state index in [-0.39, 0.29) is 5.41 Å². The molecule has 2 nitrogen and oxygen atoms in total. The molecule has 0 saturated heterocycles. The highest BCUT2D eigenvalue weighted by molar-refractivity contribution is 6.13. The Morgan fingerprint density at radius 1 is 0.426 bits per heavy atom. The molecule has 224 valence electrons. The van der Waals surface area contributed by atoms with Crippen molar-refractivity contribution in [2.75, 3.05) is 4.90 Å². The lowest BCUT2D eigenvalue weighted by atomic mass is 9.82. The van der Waals surface area contributed by atoms with Crippen molar-refractivity contribution in [3.8, 4) is 33.4 Å². The zero-order chi connectivity index (χ0) is 31.5. The quantitative estimate of drug-likeness (QED) is 0.195. The molecule has 0 fully saturated rings. The standard InChI is InChI=1S/C45H33NO/c1-45(2)40-21-10-9-17-36(40)37-28-27-34(29-41(37)45)46(33-25-23-31(24-26-33)30-13-5-3-6-14-30)42-22-12-20-39-38-19-11-18-35(43(38)47-44(39)42)32-15-7-4-8-16-32/h3-29H,1-2H3.